The molecule has 1 heterocycles. The number of carboxylic acids is 1. The summed E-state index contributed by atoms with van der Waals surface area (Å²) in [6.45, 7) is 5.25. The predicted molar refractivity (Wildman–Crippen MR) is 133 cm³/mol. The summed E-state index contributed by atoms with van der Waals surface area (Å²) in [7, 11) is 0. The number of nitrogens with zero attached hydrogens (tertiary/aromatic N) is 1. The third-order valence-electron chi connectivity index (χ3n) is 6.37. The zero-order valence-corrected chi connectivity index (χ0v) is 20.6. The van der Waals surface area contributed by atoms with Gasteiger partial charge in [0.1, 0.15) is 22.0 Å². The van der Waals surface area contributed by atoms with Crippen molar-refractivity contribution in [3.05, 3.63) is 75.2 Å². The minimum atomic E-state index is -1.20. The molecule has 182 valence electrons. The van der Waals surface area contributed by atoms with Gasteiger partial charge in [0.15, 0.2) is 0 Å². The Bertz CT molecular complexity index is 1240. The van der Waals surface area contributed by atoms with Gasteiger partial charge in [0.05, 0.1) is 12.2 Å². The first kappa shape index (κ1) is 24.4. The van der Waals surface area contributed by atoms with Gasteiger partial charge >= 0.3 is 12.1 Å². The summed E-state index contributed by atoms with van der Waals surface area (Å²) in [4.78, 5) is 41.2. The Labute approximate surface area is 207 Å². The molecule has 0 fully saturated rings. The zero-order valence-electron chi connectivity index (χ0n) is 19.8. The number of aromatic carboxylic acids is 1. The molecule has 35 heavy (non-hydrogen) atoms. The molecule has 1 aliphatic carbocycles. The maximum atomic E-state index is 12.9. The molecule has 4 rings (SSSR count). The van der Waals surface area contributed by atoms with Gasteiger partial charge in [0.2, 0.25) is 5.91 Å². The van der Waals surface area contributed by atoms with E-state index in [4.69, 9.17) is 4.74 Å². The molecule has 3 aromatic rings. The average Bonchev–Trinajstić information content (AvgIpc) is 3.38. The molecule has 1 unspecified atom stereocenters. The second-order valence-electron chi connectivity index (χ2n) is 8.65. The van der Waals surface area contributed by atoms with Crippen molar-refractivity contribution in [1.29, 1.82) is 0 Å². The molecule has 0 saturated heterocycles. The fraction of sp³-hybridized carbons (Fsp3) is 0.308. The Morgan fingerprint density at radius 1 is 1.09 bits per heavy atom. The number of alkyl carbamates (subject to hydrolysis) is 1. The molecule has 0 aliphatic heterocycles. The molecule has 1 aromatic heterocycles. The van der Waals surface area contributed by atoms with Gasteiger partial charge in [-0.3, -0.25) is 4.79 Å². The van der Waals surface area contributed by atoms with Crippen molar-refractivity contribution in [2.75, 3.05) is 6.61 Å². The number of fused-ring (bicyclic) bond motifs is 3. The van der Waals surface area contributed by atoms with Crippen molar-refractivity contribution in [2.45, 2.75) is 45.2 Å². The van der Waals surface area contributed by atoms with Gasteiger partial charge in [-0.25, -0.2) is 14.6 Å². The number of ether oxygens (including phenoxy) is 1. The van der Waals surface area contributed by atoms with Crippen LogP contribution in [-0.4, -0.2) is 40.2 Å². The standard InChI is InChI=1S/C26H27N3O5S/c1-4-26(3,24(32)27-13-21-28-15(2)22(35-21)23(30)31)29-25(33)34-14-20-18-11-7-5-9-16(18)17-10-6-8-12-19(17)20/h5-12,20H,4,13-14H2,1-3H3,(H,27,32)(H,29,33)(H,30,31). The minimum absolute atomic E-state index is 0.0690. The predicted octanol–water partition coefficient (Wildman–Crippen LogP) is 4.47. The van der Waals surface area contributed by atoms with Crippen LogP contribution < -0.4 is 10.6 Å². The number of carboxylic acid groups (broad SMARTS) is 1. The summed E-state index contributed by atoms with van der Waals surface area (Å²) >= 11 is 1.02. The van der Waals surface area contributed by atoms with E-state index in [2.05, 4.69) is 27.8 Å². The van der Waals surface area contributed by atoms with E-state index in [1.165, 1.54) is 0 Å². The number of amides is 2. The molecule has 8 nitrogen and oxygen atoms in total. The maximum Gasteiger partial charge on any atom is 0.408 e. The number of carbonyl (C=O) groups is 3. The van der Waals surface area contributed by atoms with Crippen LogP contribution in [0.3, 0.4) is 0 Å². The molecule has 2 amide bonds. The van der Waals surface area contributed by atoms with E-state index in [0.29, 0.717) is 17.1 Å². The van der Waals surface area contributed by atoms with Crippen LogP contribution in [0.4, 0.5) is 4.79 Å². The molecule has 3 N–H and O–H groups in total. The maximum absolute atomic E-state index is 12.9. The molecule has 0 spiro atoms. The highest BCUT2D eigenvalue weighted by molar-refractivity contribution is 7.13. The summed E-state index contributed by atoms with van der Waals surface area (Å²) in [5, 5.41) is 15.1. The quantitative estimate of drug-likeness (QED) is 0.426. The first-order chi connectivity index (χ1) is 16.7. The summed E-state index contributed by atoms with van der Waals surface area (Å²) < 4.78 is 5.59. The van der Waals surface area contributed by atoms with E-state index >= 15 is 0 Å². The third kappa shape index (κ3) is 4.90. The summed E-state index contributed by atoms with van der Waals surface area (Å²) in [5.41, 5.74) is 3.69. The normalized spacial score (nSPS) is 13.9. The number of nitrogens with one attached hydrogen (secondary N) is 2. The summed E-state index contributed by atoms with van der Waals surface area (Å²) in [6.07, 6.45) is -0.343. The van der Waals surface area contributed by atoms with Crippen molar-refractivity contribution >= 4 is 29.3 Å². The lowest BCUT2D eigenvalue weighted by Crippen LogP contribution is -2.56. The van der Waals surface area contributed by atoms with Crippen LogP contribution in [-0.2, 0) is 16.1 Å². The molecular weight excluding hydrogens is 466 g/mol. The topological polar surface area (TPSA) is 118 Å². The van der Waals surface area contributed by atoms with Crippen LogP contribution in [0.1, 0.15) is 57.7 Å². The second-order valence-corrected chi connectivity index (χ2v) is 9.73. The molecule has 0 radical (unpaired) electrons. The summed E-state index contributed by atoms with van der Waals surface area (Å²) in [6, 6.07) is 16.1. The van der Waals surface area contributed by atoms with E-state index in [1.54, 1.807) is 20.8 Å². The highest BCUT2D eigenvalue weighted by Crippen LogP contribution is 2.44. The molecule has 0 bridgehead atoms. The number of thiazole rings is 1. The average molecular weight is 494 g/mol. The smallest absolute Gasteiger partial charge is 0.408 e. The first-order valence-electron chi connectivity index (χ1n) is 11.3. The van der Waals surface area contributed by atoms with Gasteiger partial charge in [-0.1, -0.05) is 55.5 Å². The number of benzene rings is 2. The van der Waals surface area contributed by atoms with Crippen molar-refractivity contribution in [3.8, 4) is 11.1 Å². The minimum Gasteiger partial charge on any atom is -0.477 e. The van der Waals surface area contributed by atoms with E-state index < -0.39 is 23.5 Å². The van der Waals surface area contributed by atoms with Gasteiger partial charge in [-0.15, -0.1) is 11.3 Å². The van der Waals surface area contributed by atoms with E-state index in [-0.39, 0.29) is 23.9 Å². The van der Waals surface area contributed by atoms with Crippen LogP contribution in [0, 0.1) is 6.92 Å². The zero-order chi connectivity index (χ0) is 25.2. The Balaban J connectivity index is 1.38. The number of aromatic nitrogens is 1. The molecule has 0 saturated carbocycles. The van der Waals surface area contributed by atoms with Gasteiger partial charge in [0, 0.05) is 5.92 Å². The molecule has 1 atom stereocenters. The lowest BCUT2D eigenvalue weighted by Gasteiger charge is -2.28. The largest absolute Gasteiger partial charge is 0.477 e. The fourth-order valence-corrected chi connectivity index (χ4v) is 5.09. The monoisotopic (exact) mass is 493 g/mol. The Morgan fingerprint density at radius 3 is 2.23 bits per heavy atom. The van der Waals surface area contributed by atoms with Crippen LogP contribution in [0.25, 0.3) is 11.1 Å². The highest BCUT2D eigenvalue weighted by Gasteiger charge is 2.35. The Morgan fingerprint density at radius 2 is 1.69 bits per heavy atom. The molecule has 2 aromatic carbocycles. The van der Waals surface area contributed by atoms with Gasteiger partial charge in [0.25, 0.3) is 0 Å². The molecule has 9 heteroatoms. The second kappa shape index (κ2) is 9.87. The Hall–Kier alpha value is -3.72. The summed E-state index contributed by atoms with van der Waals surface area (Å²) in [5.74, 6) is -1.53. The van der Waals surface area contributed by atoms with Gasteiger partial charge in [-0.2, -0.15) is 0 Å². The lowest BCUT2D eigenvalue weighted by atomic mass is 9.97. The number of carbonyl (C=O) groups excluding carboxylic acids is 2. The van der Waals surface area contributed by atoms with Crippen molar-refractivity contribution in [3.63, 3.8) is 0 Å². The van der Waals surface area contributed by atoms with Crippen LogP contribution >= 0.6 is 11.3 Å². The van der Waals surface area contributed by atoms with Crippen molar-refractivity contribution in [2.24, 2.45) is 0 Å². The highest BCUT2D eigenvalue weighted by atomic mass is 32.1. The van der Waals surface area contributed by atoms with Gasteiger partial charge in [-0.05, 0) is 42.5 Å². The number of aryl methyl sites for hydroxylation is 1. The van der Waals surface area contributed by atoms with Crippen LogP contribution in [0.2, 0.25) is 0 Å². The number of hydrogen-bond acceptors (Lipinski definition) is 6. The molecule has 1 aliphatic rings. The number of rotatable bonds is 8. The number of hydrogen-bond donors (Lipinski definition) is 3. The first-order valence-corrected chi connectivity index (χ1v) is 12.2. The van der Waals surface area contributed by atoms with Crippen LogP contribution in [0.15, 0.2) is 48.5 Å². The lowest BCUT2D eigenvalue weighted by molar-refractivity contribution is -0.127. The van der Waals surface area contributed by atoms with Gasteiger partial charge < -0.3 is 20.5 Å². The third-order valence-corrected chi connectivity index (χ3v) is 7.51. The van der Waals surface area contributed by atoms with E-state index in [9.17, 15) is 19.5 Å². The fourth-order valence-electron chi connectivity index (χ4n) is 4.24. The Kier molecular flexibility index (Phi) is 6.88. The SMILES string of the molecule is CCC(C)(NC(=O)OCC1c2ccccc2-c2ccccc21)C(=O)NCc1nc(C)c(C(=O)O)s1. The van der Waals surface area contributed by atoms with Crippen molar-refractivity contribution in [1.82, 2.24) is 15.6 Å². The van der Waals surface area contributed by atoms with E-state index in [0.717, 1.165) is 33.6 Å². The van der Waals surface area contributed by atoms with Crippen LogP contribution in [0.5, 0.6) is 0 Å². The molecular formula is C26H27N3O5S. The van der Waals surface area contributed by atoms with E-state index in [1.807, 2.05) is 36.4 Å². The van der Waals surface area contributed by atoms with Crippen molar-refractivity contribution < 1.29 is 24.2 Å².